The summed E-state index contributed by atoms with van der Waals surface area (Å²) in [6, 6.07) is 7.86. The van der Waals surface area contributed by atoms with Gasteiger partial charge in [-0.1, -0.05) is 61.9 Å². The van der Waals surface area contributed by atoms with E-state index in [1.807, 2.05) is 31.2 Å². The zero-order valence-corrected chi connectivity index (χ0v) is 23.3. The molecule has 10 heteroatoms. The Kier molecular flexibility index (Phi) is 8.91. The van der Waals surface area contributed by atoms with Gasteiger partial charge < -0.3 is 19.1 Å². The van der Waals surface area contributed by atoms with Crippen molar-refractivity contribution in [2.24, 2.45) is 0 Å². The van der Waals surface area contributed by atoms with E-state index in [4.69, 9.17) is 17.0 Å². The van der Waals surface area contributed by atoms with Gasteiger partial charge in [0, 0.05) is 44.7 Å². The number of hydrogen-bond acceptors (Lipinski definition) is 7. The molecule has 1 aromatic carbocycles. The number of thioether (sulfide) groups is 1. The molecular weight excluding hydrogens is 508 g/mol. The maximum absolute atomic E-state index is 13.8. The van der Waals surface area contributed by atoms with Crippen molar-refractivity contribution in [3.05, 3.63) is 45.1 Å². The zero-order valence-electron chi connectivity index (χ0n) is 21.7. The Bertz CT molecular complexity index is 1280. The average Bonchev–Trinajstić information content (AvgIpc) is 3.17. The number of hydrogen-bond donors (Lipinski definition) is 0. The lowest BCUT2D eigenvalue weighted by atomic mass is 10.0. The Labute approximate surface area is 227 Å². The number of piperazine rings is 1. The van der Waals surface area contributed by atoms with E-state index in [0.717, 1.165) is 35.9 Å². The predicted octanol–water partition coefficient (Wildman–Crippen LogP) is 4.69. The topological polar surface area (TPSA) is 75.1 Å². The highest BCUT2D eigenvalue weighted by atomic mass is 32.2. The van der Waals surface area contributed by atoms with Crippen molar-refractivity contribution in [1.29, 1.82) is 0 Å². The van der Waals surface area contributed by atoms with Crippen LogP contribution in [0.1, 0.15) is 45.6 Å². The minimum absolute atomic E-state index is 0.139. The van der Waals surface area contributed by atoms with Gasteiger partial charge in [0.15, 0.2) is 0 Å². The lowest BCUT2D eigenvalue weighted by molar-refractivity contribution is -0.122. The highest BCUT2D eigenvalue weighted by Gasteiger charge is 2.33. The molecule has 2 aliphatic heterocycles. The van der Waals surface area contributed by atoms with Crippen molar-refractivity contribution in [3.8, 4) is 0 Å². The van der Waals surface area contributed by atoms with Crippen molar-refractivity contribution < 1.29 is 14.3 Å². The molecule has 0 atom stereocenters. The van der Waals surface area contributed by atoms with Crippen LogP contribution in [0.4, 0.5) is 10.5 Å². The average molecular weight is 543 g/mol. The van der Waals surface area contributed by atoms with Crippen molar-refractivity contribution in [1.82, 2.24) is 14.4 Å². The molecule has 2 amide bonds. The number of para-hydroxylation sites is 1. The molecule has 0 unspecified atom stereocenters. The molecule has 0 aliphatic carbocycles. The van der Waals surface area contributed by atoms with Crippen LogP contribution >= 0.6 is 24.0 Å². The van der Waals surface area contributed by atoms with Gasteiger partial charge in [0.2, 0.25) is 0 Å². The number of unbranched alkanes of at least 4 members (excludes halogenated alkanes) is 2. The smallest absolute Gasteiger partial charge is 0.409 e. The summed E-state index contributed by atoms with van der Waals surface area (Å²) >= 11 is 6.78. The molecule has 1 aromatic heterocycles. The molecule has 0 bridgehead atoms. The summed E-state index contributed by atoms with van der Waals surface area (Å²) in [4.78, 5) is 45.3. The lowest BCUT2D eigenvalue weighted by Gasteiger charge is -2.37. The monoisotopic (exact) mass is 542 g/mol. The van der Waals surface area contributed by atoms with Crippen LogP contribution in [0.3, 0.4) is 0 Å². The minimum Gasteiger partial charge on any atom is -0.450 e. The van der Waals surface area contributed by atoms with Crippen LogP contribution in [0.2, 0.25) is 0 Å². The molecule has 2 saturated heterocycles. The lowest BCUT2D eigenvalue weighted by Crippen LogP contribution is -2.49. The molecule has 0 saturated carbocycles. The molecule has 198 valence electrons. The van der Waals surface area contributed by atoms with E-state index in [1.54, 1.807) is 27.4 Å². The van der Waals surface area contributed by atoms with Crippen LogP contribution in [0.25, 0.3) is 17.0 Å². The number of thiocarbonyl (C=S) groups is 1. The number of amides is 2. The number of anilines is 1. The van der Waals surface area contributed by atoms with E-state index < -0.39 is 0 Å². The summed E-state index contributed by atoms with van der Waals surface area (Å²) in [5.41, 5.74) is 1.99. The molecular formula is C27H34N4O4S2. The third-order valence-electron chi connectivity index (χ3n) is 6.75. The summed E-state index contributed by atoms with van der Waals surface area (Å²) in [7, 11) is 0. The quantitative estimate of drug-likeness (QED) is 0.272. The first-order valence-electron chi connectivity index (χ1n) is 13.0. The molecule has 2 fully saturated rings. The Balaban J connectivity index is 1.77. The summed E-state index contributed by atoms with van der Waals surface area (Å²) in [5, 5.41) is 0.943. The van der Waals surface area contributed by atoms with Crippen molar-refractivity contribution in [2.45, 2.75) is 46.6 Å². The Hall–Kier alpha value is -2.85. The second kappa shape index (κ2) is 12.1. The van der Waals surface area contributed by atoms with Gasteiger partial charge in [0.25, 0.3) is 11.5 Å². The number of fused-ring (bicyclic) bond motifs is 1. The van der Waals surface area contributed by atoms with E-state index in [9.17, 15) is 14.4 Å². The fourth-order valence-electron chi connectivity index (χ4n) is 4.87. The van der Waals surface area contributed by atoms with Gasteiger partial charge in [0.05, 0.1) is 28.3 Å². The van der Waals surface area contributed by atoms with Gasteiger partial charge in [-0.2, -0.15) is 0 Å². The van der Waals surface area contributed by atoms with Gasteiger partial charge in [-0.25, -0.2) is 4.79 Å². The molecule has 4 rings (SSSR count). The van der Waals surface area contributed by atoms with E-state index in [1.165, 1.54) is 11.8 Å². The predicted molar refractivity (Wildman–Crippen MR) is 154 cm³/mol. The summed E-state index contributed by atoms with van der Waals surface area (Å²) in [6.45, 7) is 9.38. The number of aryl methyl sites for hydroxylation is 1. The van der Waals surface area contributed by atoms with Gasteiger partial charge in [-0.05, 0) is 32.4 Å². The summed E-state index contributed by atoms with van der Waals surface area (Å²) in [6.07, 6.45) is 4.40. The fourth-order valence-corrected chi connectivity index (χ4v) is 6.16. The minimum atomic E-state index is -0.319. The normalized spacial score (nSPS) is 17.4. The Morgan fingerprint density at radius 3 is 2.49 bits per heavy atom. The number of nitrogens with zero attached hydrogens (tertiary/aromatic N) is 4. The Morgan fingerprint density at radius 1 is 1.08 bits per heavy atom. The van der Waals surface area contributed by atoms with Gasteiger partial charge in [0.1, 0.15) is 4.32 Å². The molecule has 0 N–H and O–H groups in total. The third kappa shape index (κ3) is 5.55. The number of ether oxygens (including phenoxy) is 1. The van der Waals surface area contributed by atoms with Crippen LogP contribution in [0.15, 0.2) is 34.0 Å². The number of rotatable bonds is 8. The van der Waals surface area contributed by atoms with E-state index in [0.29, 0.717) is 60.7 Å². The van der Waals surface area contributed by atoms with Gasteiger partial charge in [-0.15, -0.1) is 0 Å². The Morgan fingerprint density at radius 2 is 1.81 bits per heavy atom. The van der Waals surface area contributed by atoms with Gasteiger partial charge in [-0.3, -0.25) is 14.5 Å². The molecule has 8 nitrogen and oxygen atoms in total. The number of carbonyl (C=O) groups excluding carboxylic acids is 2. The van der Waals surface area contributed by atoms with E-state index in [-0.39, 0.29) is 17.6 Å². The fraction of sp³-hybridized carbons (Fsp3) is 0.481. The first-order valence-corrected chi connectivity index (χ1v) is 14.2. The first kappa shape index (κ1) is 27.2. The number of pyridine rings is 1. The van der Waals surface area contributed by atoms with Crippen LogP contribution in [0, 0.1) is 0 Å². The SMILES string of the molecule is CCCCCN1C(=O)C(=Cc2c(N3CCN(C(=O)OCC)CC3)c3ccccc3n(CC)c2=O)SC1=S. The molecule has 3 heterocycles. The molecule has 37 heavy (non-hydrogen) atoms. The van der Waals surface area contributed by atoms with Crippen LogP contribution in [-0.4, -0.2) is 70.0 Å². The van der Waals surface area contributed by atoms with Crippen molar-refractivity contribution >= 4 is 63.0 Å². The maximum atomic E-state index is 13.8. The summed E-state index contributed by atoms with van der Waals surface area (Å²) in [5.74, 6) is -0.139. The van der Waals surface area contributed by atoms with Crippen molar-refractivity contribution in [2.75, 3.05) is 44.2 Å². The molecule has 0 spiro atoms. The molecule has 0 radical (unpaired) electrons. The second-order valence-electron chi connectivity index (χ2n) is 9.04. The van der Waals surface area contributed by atoms with Gasteiger partial charge >= 0.3 is 6.09 Å². The van der Waals surface area contributed by atoms with Crippen LogP contribution in [0.5, 0.6) is 0 Å². The third-order valence-corrected chi connectivity index (χ3v) is 8.13. The van der Waals surface area contributed by atoms with E-state index in [2.05, 4.69) is 11.8 Å². The van der Waals surface area contributed by atoms with Crippen molar-refractivity contribution in [3.63, 3.8) is 0 Å². The highest BCUT2D eigenvalue weighted by Crippen LogP contribution is 2.36. The largest absolute Gasteiger partial charge is 0.450 e. The summed E-state index contributed by atoms with van der Waals surface area (Å²) < 4.78 is 7.46. The maximum Gasteiger partial charge on any atom is 0.409 e. The highest BCUT2D eigenvalue weighted by molar-refractivity contribution is 8.26. The molecule has 2 aliphatic rings. The van der Waals surface area contributed by atoms with Crippen LogP contribution in [-0.2, 0) is 16.1 Å². The standard InChI is InChI=1S/C27H34N4O4S2/c1-4-7-10-13-31-25(33)22(37-27(31)36)18-20-23(28-14-16-29(17-15-28)26(34)35-6-3)19-11-8-9-12-21(19)30(5-2)24(20)32/h8-9,11-12,18H,4-7,10,13-17H2,1-3H3. The number of aromatic nitrogens is 1. The van der Waals surface area contributed by atoms with Crippen LogP contribution < -0.4 is 10.5 Å². The number of benzene rings is 1. The first-order chi connectivity index (χ1) is 17.9. The van der Waals surface area contributed by atoms with E-state index >= 15 is 0 Å². The zero-order chi connectivity index (χ0) is 26.5. The molecule has 2 aromatic rings. The second-order valence-corrected chi connectivity index (χ2v) is 10.7. The number of carbonyl (C=O) groups is 2.